The summed E-state index contributed by atoms with van der Waals surface area (Å²) in [6, 6.07) is 7.75. The summed E-state index contributed by atoms with van der Waals surface area (Å²) in [5.41, 5.74) is 6.05. The van der Waals surface area contributed by atoms with Gasteiger partial charge in [-0.3, -0.25) is 0 Å². The molecule has 4 rings (SSSR count). The van der Waals surface area contributed by atoms with Crippen molar-refractivity contribution in [3.8, 4) is 22.7 Å². The van der Waals surface area contributed by atoms with E-state index in [2.05, 4.69) is 5.10 Å². The Morgan fingerprint density at radius 2 is 2.00 bits per heavy atom. The lowest BCUT2D eigenvalue weighted by atomic mass is 10.1. The van der Waals surface area contributed by atoms with Gasteiger partial charge in [0.2, 0.25) is 0 Å². The van der Waals surface area contributed by atoms with Gasteiger partial charge in [-0.25, -0.2) is 14.6 Å². The van der Waals surface area contributed by atoms with Crippen LogP contribution in [0.4, 0.5) is 0 Å². The lowest BCUT2D eigenvalue weighted by Crippen LogP contribution is -2.20. The third-order valence-corrected chi connectivity index (χ3v) is 5.63. The Labute approximate surface area is 176 Å². The molecule has 0 aliphatic carbocycles. The highest BCUT2D eigenvalue weighted by atomic mass is 16.5. The molecule has 3 heterocycles. The SMILES string of the molecule is CC[C@@H](O)[C@@H](C)n1cc(C)c2nc(-c3ccc(-n4cccn4)cc3OC)c(C)nc21. The van der Waals surface area contributed by atoms with Gasteiger partial charge in [0.1, 0.15) is 11.3 Å². The summed E-state index contributed by atoms with van der Waals surface area (Å²) in [5, 5.41) is 14.6. The minimum atomic E-state index is -0.434. The molecule has 0 saturated carbocycles. The number of ether oxygens (including phenoxy) is 1. The predicted molar refractivity (Wildman–Crippen MR) is 117 cm³/mol. The van der Waals surface area contributed by atoms with E-state index in [1.807, 2.05) is 68.9 Å². The van der Waals surface area contributed by atoms with E-state index in [0.29, 0.717) is 12.2 Å². The number of benzene rings is 1. The maximum absolute atomic E-state index is 10.3. The van der Waals surface area contributed by atoms with Crippen molar-refractivity contribution in [1.29, 1.82) is 0 Å². The molecule has 0 aliphatic heterocycles. The molecule has 0 fully saturated rings. The number of aliphatic hydroxyl groups excluding tert-OH is 1. The first-order chi connectivity index (χ1) is 14.4. The van der Waals surface area contributed by atoms with Crippen molar-refractivity contribution >= 4 is 11.2 Å². The zero-order chi connectivity index (χ0) is 21.4. The van der Waals surface area contributed by atoms with Crippen molar-refractivity contribution in [2.24, 2.45) is 0 Å². The number of rotatable bonds is 6. The molecule has 1 aromatic carbocycles. The van der Waals surface area contributed by atoms with Crippen LogP contribution >= 0.6 is 0 Å². The number of hydrogen-bond donors (Lipinski definition) is 1. The van der Waals surface area contributed by atoms with Crippen molar-refractivity contribution in [3.63, 3.8) is 0 Å². The van der Waals surface area contributed by atoms with Gasteiger partial charge in [-0.05, 0) is 51.0 Å². The van der Waals surface area contributed by atoms with Gasteiger partial charge in [0, 0.05) is 30.2 Å². The zero-order valence-electron chi connectivity index (χ0n) is 18.0. The number of nitrogens with zero attached hydrogens (tertiary/aromatic N) is 5. The van der Waals surface area contributed by atoms with Crippen LogP contribution < -0.4 is 4.74 Å². The van der Waals surface area contributed by atoms with Gasteiger partial charge in [0.15, 0.2) is 5.65 Å². The van der Waals surface area contributed by atoms with Gasteiger partial charge < -0.3 is 14.4 Å². The second kappa shape index (κ2) is 7.91. The van der Waals surface area contributed by atoms with Crippen LogP contribution in [0.1, 0.15) is 37.6 Å². The minimum absolute atomic E-state index is 0.0753. The fourth-order valence-corrected chi connectivity index (χ4v) is 3.81. The molecule has 7 nitrogen and oxygen atoms in total. The first-order valence-corrected chi connectivity index (χ1v) is 10.2. The van der Waals surface area contributed by atoms with Crippen molar-refractivity contribution in [2.45, 2.75) is 46.3 Å². The standard InChI is InChI=1S/C23H27N5O2/c1-6-19(29)16(4)27-13-14(2)21-23(27)25-15(3)22(26-21)18-9-8-17(12-20(18)30-5)28-11-7-10-24-28/h7-13,16,19,29H,6H2,1-5H3/t16-,19-/m1/s1. The molecule has 0 spiro atoms. The summed E-state index contributed by atoms with van der Waals surface area (Å²) in [6.45, 7) is 7.97. The van der Waals surface area contributed by atoms with Gasteiger partial charge >= 0.3 is 0 Å². The summed E-state index contributed by atoms with van der Waals surface area (Å²) in [5.74, 6) is 0.714. The van der Waals surface area contributed by atoms with Crippen molar-refractivity contribution < 1.29 is 9.84 Å². The molecule has 4 aromatic rings. The summed E-state index contributed by atoms with van der Waals surface area (Å²) in [7, 11) is 1.66. The van der Waals surface area contributed by atoms with Gasteiger partial charge in [0.05, 0.1) is 36.3 Å². The number of fused-ring (bicyclic) bond motifs is 1. The molecule has 0 radical (unpaired) electrons. The van der Waals surface area contributed by atoms with Crippen LogP contribution in [0.15, 0.2) is 42.9 Å². The fourth-order valence-electron chi connectivity index (χ4n) is 3.81. The summed E-state index contributed by atoms with van der Waals surface area (Å²) >= 11 is 0. The maximum atomic E-state index is 10.3. The molecule has 0 saturated heterocycles. The number of methoxy groups -OCH3 is 1. The quantitative estimate of drug-likeness (QED) is 0.519. The number of aliphatic hydroxyl groups is 1. The van der Waals surface area contributed by atoms with Crippen LogP contribution in [0.3, 0.4) is 0 Å². The highest BCUT2D eigenvalue weighted by Crippen LogP contribution is 2.34. The molecule has 0 aliphatic rings. The molecular formula is C23H27N5O2. The Hall–Kier alpha value is -3.19. The highest BCUT2D eigenvalue weighted by molar-refractivity contribution is 5.81. The molecule has 0 amide bonds. The summed E-state index contributed by atoms with van der Waals surface area (Å²) in [4.78, 5) is 9.84. The van der Waals surface area contributed by atoms with E-state index in [1.54, 1.807) is 18.0 Å². The number of aromatic nitrogens is 5. The minimum Gasteiger partial charge on any atom is -0.496 e. The second-order valence-electron chi connectivity index (χ2n) is 7.60. The summed E-state index contributed by atoms with van der Waals surface area (Å²) < 4.78 is 9.50. The van der Waals surface area contributed by atoms with E-state index < -0.39 is 6.10 Å². The van der Waals surface area contributed by atoms with Crippen LogP contribution in [0.5, 0.6) is 5.75 Å². The Balaban J connectivity index is 1.84. The molecule has 3 aromatic heterocycles. The highest BCUT2D eigenvalue weighted by Gasteiger charge is 2.21. The Morgan fingerprint density at radius 1 is 1.20 bits per heavy atom. The van der Waals surface area contributed by atoms with Gasteiger partial charge in [-0.2, -0.15) is 5.10 Å². The molecule has 1 N–H and O–H groups in total. The maximum Gasteiger partial charge on any atom is 0.159 e. The monoisotopic (exact) mass is 405 g/mol. The molecule has 0 bridgehead atoms. The van der Waals surface area contributed by atoms with Crippen LogP contribution in [0.25, 0.3) is 28.1 Å². The molecular weight excluding hydrogens is 378 g/mol. The van der Waals surface area contributed by atoms with Crippen LogP contribution in [-0.4, -0.2) is 42.6 Å². The lowest BCUT2D eigenvalue weighted by Gasteiger charge is -2.20. The zero-order valence-corrected chi connectivity index (χ0v) is 18.0. The Bertz CT molecular complexity index is 1180. The average Bonchev–Trinajstić information content (AvgIpc) is 3.40. The third kappa shape index (κ3) is 3.35. The molecule has 2 atom stereocenters. The molecule has 0 unspecified atom stereocenters. The average molecular weight is 406 g/mol. The second-order valence-corrected chi connectivity index (χ2v) is 7.60. The van der Waals surface area contributed by atoms with Crippen LogP contribution in [0.2, 0.25) is 0 Å². The van der Waals surface area contributed by atoms with Crippen molar-refractivity contribution in [2.75, 3.05) is 7.11 Å². The first-order valence-electron chi connectivity index (χ1n) is 10.2. The number of aryl methyl sites for hydroxylation is 2. The number of hydrogen-bond acceptors (Lipinski definition) is 5. The van der Waals surface area contributed by atoms with Crippen molar-refractivity contribution in [3.05, 3.63) is 54.1 Å². The van der Waals surface area contributed by atoms with E-state index in [0.717, 1.165) is 39.4 Å². The van der Waals surface area contributed by atoms with Gasteiger partial charge in [-0.15, -0.1) is 0 Å². The largest absolute Gasteiger partial charge is 0.496 e. The topological polar surface area (TPSA) is 78.0 Å². The molecule has 30 heavy (non-hydrogen) atoms. The van der Waals surface area contributed by atoms with E-state index in [-0.39, 0.29) is 6.04 Å². The van der Waals surface area contributed by atoms with Crippen LogP contribution in [-0.2, 0) is 0 Å². The Morgan fingerprint density at radius 3 is 2.67 bits per heavy atom. The van der Waals surface area contributed by atoms with E-state index >= 15 is 0 Å². The van der Waals surface area contributed by atoms with E-state index in [1.165, 1.54) is 0 Å². The van der Waals surface area contributed by atoms with Crippen LogP contribution in [0, 0.1) is 13.8 Å². The van der Waals surface area contributed by atoms with E-state index in [4.69, 9.17) is 14.7 Å². The van der Waals surface area contributed by atoms with Crippen molar-refractivity contribution in [1.82, 2.24) is 24.3 Å². The Kier molecular flexibility index (Phi) is 5.30. The van der Waals surface area contributed by atoms with Gasteiger partial charge in [-0.1, -0.05) is 6.92 Å². The van der Waals surface area contributed by atoms with E-state index in [9.17, 15) is 5.11 Å². The summed E-state index contributed by atoms with van der Waals surface area (Å²) in [6.07, 6.45) is 5.91. The molecule has 156 valence electrons. The normalized spacial score (nSPS) is 13.5. The van der Waals surface area contributed by atoms with Gasteiger partial charge in [0.25, 0.3) is 0 Å². The fraction of sp³-hybridized carbons (Fsp3) is 0.348. The first kappa shape index (κ1) is 20.1. The molecule has 7 heteroatoms. The smallest absolute Gasteiger partial charge is 0.159 e. The third-order valence-electron chi connectivity index (χ3n) is 5.63. The lowest BCUT2D eigenvalue weighted by molar-refractivity contribution is 0.118. The predicted octanol–water partition coefficient (Wildman–Crippen LogP) is 4.24.